The Morgan fingerprint density at radius 3 is 1.75 bits per heavy atom. The summed E-state index contributed by atoms with van der Waals surface area (Å²) in [6.45, 7) is 4.63. The van der Waals surface area contributed by atoms with Crippen molar-refractivity contribution in [1.29, 1.82) is 0 Å². The second-order valence-electron chi connectivity index (χ2n) is 16.4. The molecule has 12 rings (SSSR count). The summed E-state index contributed by atoms with van der Waals surface area (Å²) < 4.78 is 2.22. The fourth-order valence-electron chi connectivity index (χ4n) is 9.76. The molecule has 60 heavy (non-hydrogen) atoms. The van der Waals surface area contributed by atoms with E-state index in [0.29, 0.717) is 17.6 Å². The molecule has 0 amide bonds. The van der Waals surface area contributed by atoms with E-state index in [1.165, 1.54) is 71.3 Å². The molecule has 0 aliphatic heterocycles. The van der Waals surface area contributed by atoms with Gasteiger partial charge >= 0.3 is 0 Å². The molecule has 0 radical (unpaired) electrons. The Morgan fingerprint density at radius 2 is 0.950 bits per heavy atom. The molecule has 2 aromatic heterocycles. The first kappa shape index (κ1) is 34.4. The fraction of sp³-hybridized carbons (Fsp3) is 0.0536. The van der Waals surface area contributed by atoms with Crippen molar-refractivity contribution in [3.8, 4) is 62.1 Å². The largest absolute Gasteiger partial charge is 0.278 e. The van der Waals surface area contributed by atoms with Crippen molar-refractivity contribution in [2.75, 3.05) is 0 Å². The molecule has 9 aromatic carbocycles. The number of fused-ring (bicyclic) bond motifs is 9. The van der Waals surface area contributed by atoms with Crippen molar-refractivity contribution in [1.82, 2.24) is 19.5 Å². The predicted molar refractivity (Wildman–Crippen MR) is 248 cm³/mol. The standard InChI is InChI=1S/C56H38N4/c1-56(2)47-24-10-8-20-44(47)45-32-30-40(34-48(45)56)54-57-53(58-55(59-54)60-49-25-11-9-21-46(49)52-43-19-7-6-16-36(43)31-33-50(52)60)39-28-26-37(27-29-39)42-23-13-18-38-17-12-22-41(51(38)42)35-14-4-3-5-15-35/h3-34H,1-2H3. The highest BCUT2D eigenvalue weighted by atomic mass is 15.2. The van der Waals surface area contributed by atoms with E-state index in [1.54, 1.807) is 0 Å². The molecular formula is C56H38N4. The third-order valence-electron chi connectivity index (χ3n) is 12.7. The number of hydrogen-bond donors (Lipinski definition) is 0. The molecule has 1 aliphatic rings. The molecule has 4 nitrogen and oxygen atoms in total. The fourth-order valence-corrected chi connectivity index (χ4v) is 9.76. The normalized spacial score (nSPS) is 13.0. The average Bonchev–Trinajstić information content (AvgIpc) is 3.77. The SMILES string of the molecule is CC1(C)c2ccccc2-c2ccc(-c3nc(-c4ccc(-c5cccc6cccc(-c7ccccc7)c56)cc4)nc(-n4c5ccccc5c5c6ccccc6ccc54)n3)cc21. The Bertz CT molecular complexity index is 3500. The van der Waals surface area contributed by atoms with Gasteiger partial charge in [0.15, 0.2) is 11.6 Å². The Labute approximate surface area is 348 Å². The number of rotatable bonds is 5. The molecule has 2 heterocycles. The Kier molecular flexibility index (Phi) is 7.54. The van der Waals surface area contributed by atoms with E-state index in [4.69, 9.17) is 15.0 Å². The van der Waals surface area contributed by atoms with E-state index in [9.17, 15) is 0 Å². The zero-order valence-electron chi connectivity index (χ0n) is 33.3. The average molecular weight is 767 g/mol. The van der Waals surface area contributed by atoms with Crippen LogP contribution < -0.4 is 0 Å². The third kappa shape index (κ3) is 5.20. The number of nitrogens with zero attached hydrogens (tertiary/aromatic N) is 4. The summed E-state index contributed by atoms with van der Waals surface area (Å²) in [5.74, 6) is 1.85. The van der Waals surface area contributed by atoms with Gasteiger partial charge in [-0.1, -0.05) is 190 Å². The summed E-state index contributed by atoms with van der Waals surface area (Å²) in [4.78, 5) is 16.0. The van der Waals surface area contributed by atoms with Crippen molar-refractivity contribution in [2.45, 2.75) is 19.3 Å². The van der Waals surface area contributed by atoms with Crippen LogP contribution in [0.5, 0.6) is 0 Å². The van der Waals surface area contributed by atoms with Gasteiger partial charge in [-0.15, -0.1) is 0 Å². The van der Waals surface area contributed by atoms with E-state index in [1.807, 2.05) is 0 Å². The van der Waals surface area contributed by atoms with Gasteiger partial charge in [-0.25, -0.2) is 4.98 Å². The maximum Gasteiger partial charge on any atom is 0.238 e. The number of para-hydroxylation sites is 1. The van der Waals surface area contributed by atoms with E-state index >= 15 is 0 Å². The minimum Gasteiger partial charge on any atom is -0.278 e. The molecule has 1 aliphatic carbocycles. The van der Waals surface area contributed by atoms with Gasteiger partial charge in [0, 0.05) is 27.3 Å². The van der Waals surface area contributed by atoms with Gasteiger partial charge in [-0.05, 0) is 84.3 Å². The van der Waals surface area contributed by atoms with Crippen LogP contribution in [0.25, 0.3) is 105 Å². The van der Waals surface area contributed by atoms with Gasteiger partial charge in [0.1, 0.15) is 0 Å². The number of aromatic nitrogens is 4. The topological polar surface area (TPSA) is 43.6 Å². The predicted octanol–water partition coefficient (Wildman–Crippen LogP) is 14.2. The zero-order valence-corrected chi connectivity index (χ0v) is 33.3. The molecule has 0 N–H and O–H groups in total. The Balaban J connectivity index is 1.06. The van der Waals surface area contributed by atoms with E-state index < -0.39 is 0 Å². The van der Waals surface area contributed by atoms with Gasteiger partial charge in [0.05, 0.1) is 11.0 Å². The van der Waals surface area contributed by atoms with Crippen molar-refractivity contribution < 1.29 is 0 Å². The minimum atomic E-state index is -0.160. The molecule has 11 aromatic rings. The second kappa shape index (κ2) is 13.2. The highest BCUT2D eigenvalue weighted by Crippen LogP contribution is 2.49. The lowest BCUT2D eigenvalue weighted by molar-refractivity contribution is 0.660. The van der Waals surface area contributed by atoms with Crippen molar-refractivity contribution in [3.05, 3.63) is 205 Å². The van der Waals surface area contributed by atoms with Crippen LogP contribution in [-0.2, 0) is 5.41 Å². The van der Waals surface area contributed by atoms with Crippen LogP contribution in [0.2, 0.25) is 0 Å². The van der Waals surface area contributed by atoms with Gasteiger partial charge in [0.2, 0.25) is 5.95 Å². The first-order valence-electron chi connectivity index (χ1n) is 20.6. The van der Waals surface area contributed by atoms with Crippen LogP contribution in [0, 0.1) is 0 Å². The molecule has 0 fully saturated rings. The van der Waals surface area contributed by atoms with Crippen LogP contribution >= 0.6 is 0 Å². The maximum absolute atomic E-state index is 5.35. The maximum atomic E-state index is 5.35. The summed E-state index contributed by atoms with van der Waals surface area (Å²) in [6, 6.07) is 69.6. The summed E-state index contributed by atoms with van der Waals surface area (Å²) >= 11 is 0. The lowest BCUT2D eigenvalue weighted by Crippen LogP contribution is -2.15. The lowest BCUT2D eigenvalue weighted by Gasteiger charge is -2.21. The Morgan fingerprint density at radius 1 is 0.367 bits per heavy atom. The molecule has 0 saturated carbocycles. The van der Waals surface area contributed by atoms with E-state index in [-0.39, 0.29) is 5.41 Å². The second-order valence-corrected chi connectivity index (χ2v) is 16.4. The molecule has 0 atom stereocenters. The first-order valence-corrected chi connectivity index (χ1v) is 20.6. The number of benzene rings is 9. The summed E-state index contributed by atoms with van der Waals surface area (Å²) in [5.41, 5.74) is 13.8. The molecule has 282 valence electrons. The lowest BCUT2D eigenvalue weighted by atomic mass is 9.82. The van der Waals surface area contributed by atoms with Crippen LogP contribution in [0.3, 0.4) is 0 Å². The van der Waals surface area contributed by atoms with Crippen molar-refractivity contribution in [2.24, 2.45) is 0 Å². The molecule has 0 unspecified atom stereocenters. The molecule has 0 spiro atoms. The van der Waals surface area contributed by atoms with E-state index in [0.717, 1.165) is 27.7 Å². The van der Waals surface area contributed by atoms with Crippen LogP contribution in [0.1, 0.15) is 25.0 Å². The highest BCUT2D eigenvalue weighted by molar-refractivity contribution is 6.21. The van der Waals surface area contributed by atoms with Gasteiger partial charge in [-0.3, -0.25) is 4.57 Å². The molecule has 4 heteroatoms. The third-order valence-corrected chi connectivity index (χ3v) is 12.7. The smallest absolute Gasteiger partial charge is 0.238 e. The monoisotopic (exact) mass is 766 g/mol. The van der Waals surface area contributed by atoms with Crippen molar-refractivity contribution in [3.63, 3.8) is 0 Å². The minimum absolute atomic E-state index is 0.160. The molecule has 0 bridgehead atoms. The Hall–Kier alpha value is -7.69. The van der Waals surface area contributed by atoms with Crippen LogP contribution in [-0.4, -0.2) is 19.5 Å². The molecular weight excluding hydrogens is 729 g/mol. The van der Waals surface area contributed by atoms with Gasteiger partial charge in [-0.2, -0.15) is 9.97 Å². The van der Waals surface area contributed by atoms with E-state index in [2.05, 4.69) is 213 Å². The highest BCUT2D eigenvalue weighted by Gasteiger charge is 2.35. The number of hydrogen-bond acceptors (Lipinski definition) is 3. The quantitative estimate of drug-likeness (QED) is 0.175. The van der Waals surface area contributed by atoms with Crippen LogP contribution in [0.15, 0.2) is 194 Å². The van der Waals surface area contributed by atoms with Crippen LogP contribution in [0.4, 0.5) is 0 Å². The molecule has 0 saturated heterocycles. The van der Waals surface area contributed by atoms with Gasteiger partial charge in [0.25, 0.3) is 0 Å². The zero-order chi connectivity index (χ0) is 40.0. The van der Waals surface area contributed by atoms with Crippen molar-refractivity contribution >= 4 is 43.4 Å². The summed E-state index contributed by atoms with van der Waals surface area (Å²) in [6.07, 6.45) is 0. The summed E-state index contributed by atoms with van der Waals surface area (Å²) in [7, 11) is 0. The first-order chi connectivity index (χ1) is 29.5. The summed E-state index contributed by atoms with van der Waals surface area (Å²) in [5, 5.41) is 7.22. The van der Waals surface area contributed by atoms with Gasteiger partial charge < -0.3 is 0 Å².